The molecule has 1 aliphatic heterocycles. The first-order valence-corrected chi connectivity index (χ1v) is 12.0. The topological polar surface area (TPSA) is 82.4 Å². The summed E-state index contributed by atoms with van der Waals surface area (Å²) in [6.45, 7) is 0. The van der Waals surface area contributed by atoms with E-state index < -0.39 is 40.5 Å². The van der Waals surface area contributed by atoms with Gasteiger partial charge < -0.3 is 9.66 Å². The normalized spacial score (nSPS) is 17.5. The lowest BCUT2D eigenvalue weighted by Gasteiger charge is -2.17. The first-order chi connectivity index (χ1) is 16.6. The minimum absolute atomic E-state index is 0.0561. The Bertz CT molecular complexity index is 1520. The lowest BCUT2D eigenvalue weighted by Crippen LogP contribution is -2.29. The lowest BCUT2D eigenvalue weighted by molar-refractivity contribution is -0.140. The lowest BCUT2D eigenvalue weighted by atomic mass is 9.93. The Hall–Kier alpha value is -3.56. The number of carbonyl (C=O) groups is 1. The van der Waals surface area contributed by atoms with E-state index in [4.69, 9.17) is 0 Å². The van der Waals surface area contributed by atoms with Crippen molar-refractivity contribution in [1.82, 2.24) is 4.57 Å². The molecule has 9 heteroatoms. The zero-order chi connectivity index (χ0) is 24.9. The predicted octanol–water partition coefficient (Wildman–Crippen LogP) is 5.03. The number of benzene rings is 3. The van der Waals surface area contributed by atoms with Crippen LogP contribution in [0.15, 0.2) is 82.6 Å². The average Bonchev–Trinajstić information content (AvgIpc) is 3.17. The van der Waals surface area contributed by atoms with Gasteiger partial charge in [0.15, 0.2) is 6.04 Å². The van der Waals surface area contributed by atoms with Crippen LogP contribution >= 0.6 is 0 Å². The molecule has 1 aromatic heterocycles. The fourth-order valence-corrected chi connectivity index (χ4v) is 6.25. The third-order valence-electron chi connectivity index (χ3n) is 6.15. The third-order valence-corrected chi connectivity index (χ3v) is 7.60. The first kappa shape index (κ1) is 23.2. The molecule has 5 nitrogen and oxygen atoms in total. The van der Waals surface area contributed by atoms with Gasteiger partial charge in [-0.15, -0.1) is 0 Å². The number of pyridine rings is 1. The van der Waals surface area contributed by atoms with Crippen LogP contribution in [0.2, 0.25) is 0 Å². The molecule has 2 atom stereocenters. The summed E-state index contributed by atoms with van der Waals surface area (Å²) in [4.78, 5) is 24.8. The molecule has 5 rings (SSSR count). The zero-order valence-corrected chi connectivity index (χ0v) is 18.9. The maximum absolute atomic E-state index is 13.5. The van der Waals surface area contributed by atoms with E-state index >= 15 is 0 Å². The molecule has 0 aliphatic carbocycles. The smallest absolute Gasteiger partial charge is 0.416 e. The molecule has 0 bridgehead atoms. The van der Waals surface area contributed by atoms with Crippen molar-refractivity contribution in [2.45, 2.75) is 23.7 Å². The van der Waals surface area contributed by atoms with E-state index in [0.29, 0.717) is 5.56 Å². The number of hydrogen-bond acceptors (Lipinski definition) is 3. The van der Waals surface area contributed by atoms with Gasteiger partial charge in [0, 0.05) is 17.2 Å². The highest BCUT2D eigenvalue weighted by atomic mass is 32.2. The van der Waals surface area contributed by atoms with Gasteiger partial charge in [0.05, 0.1) is 11.1 Å². The summed E-state index contributed by atoms with van der Waals surface area (Å²) in [5, 5.41) is 11.4. The second-order valence-electron chi connectivity index (χ2n) is 8.32. The van der Waals surface area contributed by atoms with E-state index in [9.17, 15) is 32.4 Å². The summed E-state index contributed by atoms with van der Waals surface area (Å²) in [7, 11) is 0. The van der Waals surface area contributed by atoms with E-state index in [1.165, 1.54) is 18.2 Å². The molecule has 0 saturated heterocycles. The number of fused-ring (bicyclic) bond motifs is 2. The SMILES string of the molecule is O=C(O)[C@@H]1C[S+]([O-])c2c(-c3cccc(C(F)(F)F)c3)c(Cc3cccc4ccccc34)cc(=O)n21. The summed E-state index contributed by atoms with van der Waals surface area (Å²) in [6, 6.07) is 17.7. The van der Waals surface area contributed by atoms with Crippen molar-refractivity contribution in [2.24, 2.45) is 0 Å². The molecule has 2 heterocycles. The van der Waals surface area contributed by atoms with Crippen LogP contribution in [0.25, 0.3) is 21.9 Å². The van der Waals surface area contributed by atoms with Crippen molar-refractivity contribution < 1.29 is 27.6 Å². The number of aliphatic carboxylic acids is 1. The average molecular weight is 497 g/mol. The molecular formula is C26H18F3NO4S. The maximum Gasteiger partial charge on any atom is 0.416 e. The molecular weight excluding hydrogens is 479 g/mol. The van der Waals surface area contributed by atoms with E-state index in [1.807, 2.05) is 42.5 Å². The molecule has 0 saturated carbocycles. The third kappa shape index (κ3) is 4.11. The highest BCUT2D eigenvalue weighted by molar-refractivity contribution is 7.91. The molecule has 0 amide bonds. The van der Waals surface area contributed by atoms with Crippen LogP contribution in [0, 0.1) is 0 Å². The Balaban J connectivity index is 1.78. The van der Waals surface area contributed by atoms with Gasteiger partial charge >= 0.3 is 12.1 Å². The predicted molar refractivity (Wildman–Crippen MR) is 126 cm³/mol. The molecule has 1 unspecified atom stereocenters. The number of nitrogens with zero attached hydrogens (tertiary/aromatic N) is 1. The monoisotopic (exact) mass is 497 g/mol. The summed E-state index contributed by atoms with van der Waals surface area (Å²) in [5.41, 5.74) is -0.00156. The summed E-state index contributed by atoms with van der Waals surface area (Å²) in [5.74, 6) is -1.65. The molecule has 1 aliphatic rings. The first-order valence-electron chi connectivity index (χ1n) is 10.7. The Kier molecular flexibility index (Phi) is 5.69. The fraction of sp³-hybridized carbons (Fsp3) is 0.154. The van der Waals surface area contributed by atoms with Gasteiger partial charge in [-0.2, -0.15) is 13.2 Å². The number of hydrogen-bond donors (Lipinski definition) is 1. The van der Waals surface area contributed by atoms with E-state index in [-0.39, 0.29) is 28.3 Å². The second-order valence-corrected chi connectivity index (χ2v) is 9.73. The molecule has 178 valence electrons. The standard InChI is InChI=1S/C26H18F3NO4S/c27-26(28,29)19-9-4-8-17(12-19)23-18(11-16-7-3-6-15-5-1-2-10-20(15)16)13-22(31)30-21(25(32)33)14-35(34)24(23)30/h1-10,12-13,21H,11,14H2,(H,32,33)/t21-,35?/m0/s1. The molecule has 1 N–H and O–H groups in total. The van der Waals surface area contributed by atoms with Gasteiger partial charge in [-0.3, -0.25) is 4.79 Å². The Morgan fingerprint density at radius 1 is 1.03 bits per heavy atom. The number of aromatic nitrogens is 1. The van der Waals surface area contributed by atoms with Crippen LogP contribution in [0.5, 0.6) is 0 Å². The fourth-order valence-electron chi connectivity index (χ4n) is 4.60. The Labute approximate surface area is 200 Å². The highest BCUT2D eigenvalue weighted by Gasteiger charge is 2.43. The number of halogens is 3. The van der Waals surface area contributed by atoms with Gasteiger partial charge in [0.2, 0.25) is 5.03 Å². The summed E-state index contributed by atoms with van der Waals surface area (Å²) in [6.07, 6.45) is -4.42. The molecule has 0 fully saturated rings. The highest BCUT2D eigenvalue weighted by Crippen LogP contribution is 2.40. The van der Waals surface area contributed by atoms with Crippen molar-refractivity contribution in [2.75, 3.05) is 5.75 Å². The molecule has 0 radical (unpaired) electrons. The molecule has 35 heavy (non-hydrogen) atoms. The molecule has 4 aromatic rings. The number of carboxylic acid groups (broad SMARTS) is 1. The van der Waals surface area contributed by atoms with Crippen molar-refractivity contribution >= 4 is 27.9 Å². The van der Waals surface area contributed by atoms with Gasteiger partial charge in [-0.25, -0.2) is 9.36 Å². The van der Waals surface area contributed by atoms with Gasteiger partial charge in [0.25, 0.3) is 5.56 Å². The van der Waals surface area contributed by atoms with Crippen molar-refractivity contribution in [3.8, 4) is 11.1 Å². The minimum atomic E-state index is -4.61. The molecule has 0 spiro atoms. The second kappa shape index (κ2) is 8.58. The van der Waals surface area contributed by atoms with Crippen LogP contribution < -0.4 is 5.56 Å². The summed E-state index contributed by atoms with van der Waals surface area (Å²) < 4.78 is 54.5. The molecule has 3 aromatic carbocycles. The van der Waals surface area contributed by atoms with Gasteiger partial charge in [-0.05, 0) is 46.0 Å². The number of alkyl halides is 3. The largest absolute Gasteiger partial charge is 0.610 e. The minimum Gasteiger partial charge on any atom is -0.610 e. The van der Waals surface area contributed by atoms with E-state index in [0.717, 1.165) is 33.0 Å². The van der Waals surface area contributed by atoms with Crippen LogP contribution in [-0.2, 0) is 28.6 Å². The van der Waals surface area contributed by atoms with Crippen molar-refractivity contribution in [1.29, 1.82) is 0 Å². The number of carboxylic acids is 1. The Morgan fingerprint density at radius 2 is 1.74 bits per heavy atom. The van der Waals surface area contributed by atoms with Crippen molar-refractivity contribution in [3.05, 3.63) is 99.8 Å². The van der Waals surface area contributed by atoms with Crippen LogP contribution in [0.1, 0.15) is 22.7 Å². The van der Waals surface area contributed by atoms with Crippen LogP contribution in [0.4, 0.5) is 13.2 Å². The van der Waals surface area contributed by atoms with E-state index in [1.54, 1.807) is 0 Å². The van der Waals surface area contributed by atoms with Crippen LogP contribution in [-0.4, -0.2) is 25.9 Å². The zero-order valence-electron chi connectivity index (χ0n) is 18.1. The van der Waals surface area contributed by atoms with Gasteiger partial charge in [-0.1, -0.05) is 54.6 Å². The van der Waals surface area contributed by atoms with Crippen LogP contribution in [0.3, 0.4) is 0 Å². The quantitative estimate of drug-likeness (QED) is 0.401. The maximum atomic E-state index is 13.5. The summed E-state index contributed by atoms with van der Waals surface area (Å²) >= 11 is -1.89. The Morgan fingerprint density at radius 3 is 2.49 bits per heavy atom. The number of rotatable bonds is 4. The van der Waals surface area contributed by atoms with E-state index in [2.05, 4.69) is 0 Å². The van der Waals surface area contributed by atoms with Crippen molar-refractivity contribution in [3.63, 3.8) is 0 Å². The van der Waals surface area contributed by atoms with Gasteiger partial charge in [0.1, 0.15) is 5.75 Å².